The number of ether oxygens (including phenoxy) is 2. The van der Waals surface area contributed by atoms with Gasteiger partial charge in [-0.05, 0) is 42.8 Å². The van der Waals surface area contributed by atoms with Crippen LogP contribution in [0.5, 0.6) is 11.5 Å². The molecule has 3 rings (SSSR count). The van der Waals surface area contributed by atoms with Crippen molar-refractivity contribution >= 4 is 32.6 Å². The van der Waals surface area contributed by atoms with Gasteiger partial charge in [-0.25, -0.2) is 4.98 Å². The predicted molar refractivity (Wildman–Crippen MR) is 91.5 cm³/mol. The standard InChI is InChI=1S/C17H16N2O3S/c1-11-4-3-5-13(8-11)22-10-16(20)19-17-18-14-7-6-12(21-2)9-15(14)23-17/h3-9H,10H2,1-2H3,(H,18,19,20). The molecular weight excluding hydrogens is 312 g/mol. The Labute approximate surface area is 137 Å². The molecule has 3 aromatic rings. The van der Waals surface area contributed by atoms with E-state index in [0.717, 1.165) is 21.5 Å². The lowest BCUT2D eigenvalue weighted by Crippen LogP contribution is -2.20. The molecule has 1 N–H and O–H groups in total. The Balaban J connectivity index is 1.63. The number of hydrogen-bond acceptors (Lipinski definition) is 5. The van der Waals surface area contributed by atoms with Crippen LogP contribution in [0.4, 0.5) is 5.13 Å². The van der Waals surface area contributed by atoms with Gasteiger partial charge in [-0.1, -0.05) is 23.5 Å². The first-order valence-corrected chi connectivity index (χ1v) is 7.89. The third kappa shape index (κ3) is 3.78. The molecule has 0 aliphatic carbocycles. The first kappa shape index (κ1) is 15.3. The summed E-state index contributed by atoms with van der Waals surface area (Å²) >= 11 is 1.40. The number of anilines is 1. The highest BCUT2D eigenvalue weighted by atomic mass is 32.1. The summed E-state index contributed by atoms with van der Waals surface area (Å²) in [6.45, 7) is 1.92. The molecule has 0 unspecified atom stereocenters. The van der Waals surface area contributed by atoms with Crippen LogP contribution in [0.15, 0.2) is 42.5 Å². The fourth-order valence-electron chi connectivity index (χ4n) is 2.09. The molecule has 1 heterocycles. The van der Waals surface area contributed by atoms with Crippen LogP contribution in [-0.2, 0) is 4.79 Å². The molecular formula is C17H16N2O3S. The zero-order valence-electron chi connectivity index (χ0n) is 12.8. The Kier molecular flexibility index (Phi) is 4.43. The maximum absolute atomic E-state index is 12.0. The molecule has 0 aliphatic heterocycles. The van der Waals surface area contributed by atoms with Crippen molar-refractivity contribution in [1.29, 1.82) is 0 Å². The number of fused-ring (bicyclic) bond motifs is 1. The van der Waals surface area contributed by atoms with Crippen LogP contribution in [0.1, 0.15) is 5.56 Å². The summed E-state index contributed by atoms with van der Waals surface area (Å²) in [7, 11) is 1.62. The molecule has 0 spiro atoms. The zero-order chi connectivity index (χ0) is 16.2. The minimum absolute atomic E-state index is 0.0529. The van der Waals surface area contributed by atoms with Crippen LogP contribution >= 0.6 is 11.3 Å². The maximum atomic E-state index is 12.0. The molecule has 23 heavy (non-hydrogen) atoms. The van der Waals surface area contributed by atoms with Crippen LogP contribution in [0.2, 0.25) is 0 Å². The highest BCUT2D eigenvalue weighted by Gasteiger charge is 2.09. The molecule has 0 fully saturated rings. The van der Waals surface area contributed by atoms with E-state index >= 15 is 0 Å². The Morgan fingerprint density at radius 2 is 2.09 bits per heavy atom. The van der Waals surface area contributed by atoms with Crippen LogP contribution in [0, 0.1) is 6.92 Å². The number of thiazole rings is 1. The van der Waals surface area contributed by atoms with Crippen LogP contribution in [-0.4, -0.2) is 24.6 Å². The van der Waals surface area contributed by atoms with Crippen molar-refractivity contribution in [1.82, 2.24) is 4.98 Å². The molecule has 0 bridgehead atoms. The van der Waals surface area contributed by atoms with Crippen molar-refractivity contribution in [3.05, 3.63) is 48.0 Å². The quantitative estimate of drug-likeness (QED) is 0.777. The molecule has 5 nitrogen and oxygen atoms in total. The lowest BCUT2D eigenvalue weighted by atomic mass is 10.2. The number of benzene rings is 2. The van der Waals surface area contributed by atoms with Crippen molar-refractivity contribution < 1.29 is 14.3 Å². The zero-order valence-corrected chi connectivity index (χ0v) is 13.6. The molecule has 1 amide bonds. The minimum Gasteiger partial charge on any atom is -0.497 e. The lowest BCUT2D eigenvalue weighted by Gasteiger charge is -2.06. The van der Waals surface area contributed by atoms with Crippen molar-refractivity contribution in [2.45, 2.75) is 6.92 Å². The highest BCUT2D eigenvalue weighted by Crippen LogP contribution is 2.29. The summed E-state index contributed by atoms with van der Waals surface area (Å²) in [6.07, 6.45) is 0. The third-order valence-electron chi connectivity index (χ3n) is 3.20. The summed E-state index contributed by atoms with van der Waals surface area (Å²) < 4.78 is 11.6. The van der Waals surface area contributed by atoms with Gasteiger partial charge in [-0.3, -0.25) is 10.1 Å². The summed E-state index contributed by atoms with van der Waals surface area (Å²) in [5, 5.41) is 3.30. The number of carbonyl (C=O) groups excluding carboxylic acids is 1. The Morgan fingerprint density at radius 3 is 2.87 bits per heavy atom. The number of methoxy groups -OCH3 is 1. The average Bonchev–Trinajstić information content (AvgIpc) is 2.94. The summed E-state index contributed by atoms with van der Waals surface area (Å²) in [6, 6.07) is 13.2. The number of rotatable bonds is 5. The molecule has 0 saturated heterocycles. The van der Waals surface area contributed by atoms with E-state index in [0.29, 0.717) is 10.9 Å². The van der Waals surface area contributed by atoms with Gasteiger partial charge in [0.2, 0.25) is 0 Å². The lowest BCUT2D eigenvalue weighted by molar-refractivity contribution is -0.118. The molecule has 6 heteroatoms. The van der Waals surface area contributed by atoms with Gasteiger partial charge >= 0.3 is 0 Å². The fourth-order valence-corrected chi connectivity index (χ4v) is 3.01. The molecule has 2 aromatic carbocycles. The number of nitrogens with one attached hydrogen (secondary N) is 1. The van der Waals surface area contributed by atoms with E-state index in [1.807, 2.05) is 49.4 Å². The van der Waals surface area contributed by atoms with Crippen molar-refractivity contribution in [2.24, 2.45) is 0 Å². The normalized spacial score (nSPS) is 10.5. The second-order valence-corrected chi connectivity index (χ2v) is 6.04. The van der Waals surface area contributed by atoms with E-state index in [9.17, 15) is 4.79 Å². The third-order valence-corrected chi connectivity index (χ3v) is 4.14. The van der Waals surface area contributed by atoms with Gasteiger partial charge in [-0.2, -0.15) is 0 Å². The summed E-state index contributed by atoms with van der Waals surface area (Å²) in [5.41, 5.74) is 1.91. The van der Waals surface area contributed by atoms with Gasteiger partial charge in [0.15, 0.2) is 11.7 Å². The number of amides is 1. The Hall–Kier alpha value is -2.60. The van der Waals surface area contributed by atoms with E-state index in [4.69, 9.17) is 9.47 Å². The number of carbonyl (C=O) groups is 1. The van der Waals surface area contributed by atoms with Gasteiger partial charge in [0.05, 0.1) is 17.3 Å². The molecule has 1 aromatic heterocycles. The van der Waals surface area contributed by atoms with Gasteiger partial charge in [0, 0.05) is 0 Å². The van der Waals surface area contributed by atoms with Crippen molar-refractivity contribution in [3.8, 4) is 11.5 Å². The second-order valence-electron chi connectivity index (χ2n) is 5.01. The molecule has 0 aliphatic rings. The first-order valence-electron chi connectivity index (χ1n) is 7.08. The van der Waals surface area contributed by atoms with E-state index in [1.54, 1.807) is 7.11 Å². The number of nitrogens with zero attached hydrogens (tertiary/aromatic N) is 1. The van der Waals surface area contributed by atoms with E-state index in [-0.39, 0.29) is 12.5 Å². The fraction of sp³-hybridized carbons (Fsp3) is 0.176. The van der Waals surface area contributed by atoms with Crippen LogP contribution < -0.4 is 14.8 Å². The molecule has 0 radical (unpaired) electrons. The smallest absolute Gasteiger partial charge is 0.264 e. The number of hydrogen-bond donors (Lipinski definition) is 1. The predicted octanol–water partition coefficient (Wildman–Crippen LogP) is 3.63. The summed E-state index contributed by atoms with van der Waals surface area (Å²) in [4.78, 5) is 16.3. The largest absolute Gasteiger partial charge is 0.497 e. The van der Waals surface area contributed by atoms with E-state index < -0.39 is 0 Å². The van der Waals surface area contributed by atoms with E-state index in [2.05, 4.69) is 10.3 Å². The second kappa shape index (κ2) is 6.66. The average molecular weight is 328 g/mol. The van der Waals surface area contributed by atoms with Gasteiger partial charge in [-0.15, -0.1) is 0 Å². The van der Waals surface area contributed by atoms with Crippen LogP contribution in [0.25, 0.3) is 10.2 Å². The molecule has 0 atom stereocenters. The molecule has 0 saturated carbocycles. The van der Waals surface area contributed by atoms with Gasteiger partial charge in [0.1, 0.15) is 11.5 Å². The van der Waals surface area contributed by atoms with Gasteiger partial charge < -0.3 is 9.47 Å². The molecule has 118 valence electrons. The van der Waals surface area contributed by atoms with Gasteiger partial charge in [0.25, 0.3) is 5.91 Å². The monoisotopic (exact) mass is 328 g/mol. The SMILES string of the molecule is COc1ccc2nc(NC(=O)COc3cccc(C)c3)sc2c1. The number of aromatic nitrogens is 1. The maximum Gasteiger partial charge on any atom is 0.264 e. The Morgan fingerprint density at radius 1 is 1.22 bits per heavy atom. The summed E-state index contributed by atoms with van der Waals surface area (Å²) in [5.74, 6) is 1.20. The van der Waals surface area contributed by atoms with Crippen LogP contribution in [0.3, 0.4) is 0 Å². The van der Waals surface area contributed by atoms with Crippen molar-refractivity contribution in [3.63, 3.8) is 0 Å². The van der Waals surface area contributed by atoms with E-state index in [1.165, 1.54) is 11.3 Å². The first-order chi connectivity index (χ1) is 11.1. The van der Waals surface area contributed by atoms with Crippen molar-refractivity contribution in [2.75, 3.05) is 19.0 Å². The minimum atomic E-state index is -0.238. The highest BCUT2D eigenvalue weighted by molar-refractivity contribution is 7.22. The Bertz CT molecular complexity index is 845. The topological polar surface area (TPSA) is 60.5 Å². The number of aryl methyl sites for hydroxylation is 1.